The number of benzene rings is 3. The summed E-state index contributed by atoms with van der Waals surface area (Å²) in [5.74, 6) is -0.476. The molecular formula is C25H20N4O3. The second kappa shape index (κ2) is 8.03. The van der Waals surface area contributed by atoms with E-state index in [2.05, 4.69) is 21.3 Å². The number of hydrogen-bond donors (Lipinski definition) is 4. The fourth-order valence-electron chi connectivity index (χ4n) is 3.96. The molecule has 7 heteroatoms. The summed E-state index contributed by atoms with van der Waals surface area (Å²) in [7, 11) is 0. The summed E-state index contributed by atoms with van der Waals surface area (Å²) < 4.78 is 0. The average Bonchev–Trinajstić information content (AvgIpc) is 3.30. The summed E-state index contributed by atoms with van der Waals surface area (Å²) >= 11 is 0. The molecule has 3 aromatic carbocycles. The maximum atomic E-state index is 12.9. The fourth-order valence-corrected chi connectivity index (χ4v) is 3.96. The van der Waals surface area contributed by atoms with Gasteiger partial charge in [0.1, 0.15) is 6.04 Å². The summed E-state index contributed by atoms with van der Waals surface area (Å²) in [5, 5.41) is 11.2. The van der Waals surface area contributed by atoms with E-state index in [-0.39, 0.29) is 11.8 Å². The van der Waals surface area contributed by atoms with Gasteiger partial charge < -0.3 is 16.0 Å². The van der Waals surface area contributed by atoms with Crippen LogP contribution in [0.3, 0.4) is 0 Å². The second-order valence-electron chi connectivity index (χ2n) is 7.66. The molecule has 3 aromatic rings. The molecule has 1 atom stereocenters. The molecule has 0 radical (unpaired) electrons. The van der Waals surface area contributed by atoms with Gasteiger partial charge in [-0.15, -0.1) is 0 Å². The lowest BCUT2D eigenvalue weighted by atomic mass is 10.00. The van der Waals surface area contributed by atoms with E-state index in [9.17, 15) is 14.4 Å². The minimum Gasteiger partial charge on any atom is -0.354 e. The van der Waals surface area contributed by atoms with E-state index >= 15 is 0 Å². The third-order valence-electron chi connectivity index (χ3n) is 5.51. The highest BCUT2D eigenvalue weighted by Gasteiger charge is 2.30. The Bertz CT molecular complexity index is 1250. The topological polar surface area (TPSA) is 99.3 Å². The highest BCUT2D eigenvalue weighted by molar-refractivity contribution is 6.37. The first-order valence-electron chi connectivity index (χ1n) is 10.3. The van der Waals surface area contributed by atoms with Crippen molar-refractivity contribution in [2.24, 2.45) is 0 Å². The summed E-state index contributed by atoms with van der Waals surface area (Å²) in [6, 6.07) is 23.9. The molecule has 2 heterocycles. The van der Waals surface area contributed by atoms with Gasteiger partial charge in [-0.05, 0) is 29.3 Å². The molecule has 32 heavy (non-hydrogen) atoms. The van der Waals surface area contributed by atoms with Crippen LogP contribution in [-0.4, -0.2) is 23.9 Å². The van der Waals surface area contributed by atoms with E-state index in [1.807, 2.05) is 78.9 Å². The van der Waals surface area contributed by atoms with E-state index in [0.717, 1.165) is 28.1 Å². The number of fused-ring (bicyclic) bond motifs is 1. The summed E-state index contributed by atoms with van der Waals surface area (Å²) in [6.45, 7) is 0. The Hall–Kier alpha value is -4.39. The zero-order chi connectivity index (χ0) is 22.1. The first-order chi connectivity index (χ1) is 15.6. The number of carbonyl (C=O) groups is 3. The predicted octanol–water partition coefficient (Wildman–Crippen LogP) is 3.37. The lowest BCUT2D eigenvalue weighted by Gasteiger charge is -2.15. The van der Waals surface area contributed by atoms with E-state index < -0.39 is 12.1 Å². The van der Waals surface area contributed by atoms with Gasteiger partial charge in [-0.25, -0.2) is 4.79 Å². The number of amides is 4. The number of hydrogen-bond acceptors (Lipinski definition) is 4. The van der Waals surface area contributed by atoms with Gasteiger partial charge in [0.05, 0.1) is 11.3 Å². The lowest BCUT2D eigenvalue weighted by Crippen LogP contribution is -2.31. The fraction of sp³-hybridized carbons (Fsp3) is 0.0800. The third-order valence-corrected chi connectivity index (χ3v) is 5.51. The minimum atomic E-state index is -0.568. The smallest absolute Gasteiger partial charge is 0.322 e. The molecule has 1 saturated heterocycles. The number of rotatable bonds is 5. The Morgan fingerprint density at radius 2 is 1.53 bits per heavy atom. The number of nitrogens with one attached hydrogen (secondary N) is 4. The van der Waals surface area contributed by atoms with Gasteiger partial charge in [0, 0.05) is 23.4 Å². The molecule has 2 aliphatic rings. The Balaban J connectivity index is 1.46. The molecule has 4 N–H and O–H groups in total. The molecule has 0 aliphatic carbocycles. The van der Waals surface area contributed by atoms with Crippen molar-refractivity contribution < 1.29 is 14.4 Å². The maximum absolute atomic E-state index is 12.9. The molecule has 0 bridgehead atoms. The molecule has 5 rings (SSSR count). The Morgan fingerprint density at radius 3 is 2.25 bits per heavy atom. The van der Waals surface area contributed by atoms with Crippen molar-refractivity contribution in [3.8, 4) is 0 Å². The summed E-state index contributed by atoms with van der Waals surface area (Å²) in [6.07, 6.45) is 0.403. The van der Waals surface area contributed by atoms with Crippen molar-refractivity contribution in [2.45, 2.75) is 12.5 Å². The standard InChI is InChI=1S/C25H20N4O3/c30-23-20(28-25(32)29-23)14-15-10-12-17(13-11-15)26-22(16-6-2-1-3-7-16)21-18-8-4-5-9-19(18)27-24(21)31/h1-13,20,26H,14H2,(H,27,31)(H2,28,29,30,32)/b22-21-. The van der Waals surface area contributed by atoms with Gasteiger partial charge in [-0.2, -0.15) is 0 Å². The average molecular weight is 424 g/mol. The second-order valence-corrected chi connectivity index (χ2v) is 7.66. The molecule has 0 saturated carbocycles. The third kappa shape index (κ3) is 3.72. The van der Waals surface area contributed by atoms with E-state index in [1.54, 1.807) is 0 Å². The normalized spacial score (nSPS) is 18.5. The monoisotopic (exact) mass is 424 g/mol. The Labute approximate surface area is 184 Å². The molecule has 158 valence electrons. The van der Waals surface area contributed by atoms with Gasteiger partial charge in [0.15, 0.2) is 0 Å². The molecule has 4 amide bonds. The predicted molar refractivity (Wildman–Crippen MR) is 123 cm³/mol. The molecule has 7 nitrogen and oxygen atoms in total. The molecule has 1 unspecified atom stereocenters. The van der Waals surface area contributed by atoms with Crippen molar-refractivity contribution >= 4 is 40.5 Å². The van der Waals surface area contributed by atoms with Gasteiger partial charge in [0.2, 0.25) is 0 Å². The van der Waals surface area contributed by atoms with Crippen LogP contribution in [0.25, 0.3) is 11.3 Å². The number of anilines is 2. The number of para-hydroxylation sites is 1. The lowest BCUT2D eigenvalue weighted by molar-refractivity contribution is -0.120. The van der Waals surface area contributed by atoms with Crippen LogP contribution >= 0.6 is 0 Å². The molecular weight excluding hydrogens is 404 g/mol. The largest absolute Gasteiger partial charge is 0.354 e. The van der Waals surface area contributed by atoms with Crippen molar-refractivity contribution in [3.63, 3.8) is 0 Å². The molecule has 1 fully saturated rings. The van der Waals surface area contributed by atoms with Gasteiger partial charge in [-0.1, -0.05) is 60.7 Å². The Morgan fingerprint density at radius 1 is 0.812 bits per heavy atom. The van der Waals surface area contributed by atoms with E-state index in [0.29, 0.717) is 17.7 Å². The molecule has 2 aliphatic heterocycles. The van der Waals surface area contributed by atoms with Crippen LogP contribution in [0.4, 0.5) is 16.2 Å². The quantitative estimate of drug-likeness (QED) is 0.373. The highest BCUT2D eigenvalue weighted by atomic mass is 16.2. The van der Waals surface area contributed by atoms with Crippen LogP contribution in [0.15, 0.2) is 78.9 Å². The first-order valence-corrected chi connectivity index (χ1v) is 10.3. The van der Waals surface area contributed by atoms with Crippen LogP contribution in [0.5, 0.6) is 0 Å². The number of imide groups is 1. The van der Waals surface area contributed by atoms with Gasteiger partial charge >= 0.3 is 6.03 Å². The van der Waals surface area contributed by atoms with Crippen LogP contribution in [0.1, 0.15) is 16.7 Å². The number of urea groups is 1. The SMILES string of the molecule is O=C1NC(=O)C(Cc2ccc(N/C(=C3\C(=O)Nc4ccccc43)c3ccccc3)cc2)N1. The molecule has 0 spiro atoms. The van der Waals surface area contributed by atoms with Crippen molar-refractivity contribution in [3.05, 3.63) is 95.6 Å². The van der Waals surface area contributed by atoms with E-state index in [4.69, 9.17) is 0 Å². The zero-order valence-corrected chi connectivity index (χ0v) is 17.0. The maximum Gasteiger partial charge on any atom is 0.322 e. The van der Waals surface area contributed by atoms with Crippen molar-refractivity contribution in [1.82, 2.24) is 10.6 Å². The zero-order valence-electron chi connectivity index (χ0n) is 17.0. The Kier molecular flexibility index (Phi) is 4.91. The first kappa shape index (κ1) is 19.6. The van der Waals surface area contributed by atoms with Crippen molar-refractivity contribution in [2.75, 3.05) is 10.6 Å². The number of carbonyl (C=O) groups excluding carboxylic acids is 3. The summed E-state index contributed by atoms with van der Waals surface area (Å²) in [5.41, 5.74) is 5.54. The van der Waals surface area contributed by atoms with E-state index in [1.165, 1.54) is 0 Å². The highest BCUT2D eigenvalue weighted by Crippen LogP contribution is 2.37. The van der Waals surface area contributed by atoms with Gasteiger partial charge in [-0.3, -0.25) is 14.9 Å². The van der Waals surface area contributed by atoms with Crippen molar-refractivity contribution in [1.29, 1.82) is 0 Å². The van der Waals surface area contributed by atoms with Crippen LogP contribution in [0, 0.1) is 0 Å². The van der Waals surface area contributed by atoms with Gasteiger partial charge in [0.25, 0.3) is 11.8 Å². The summed E-state index contributed by atoms with van der Waals surface area (Å²) in [4.78, 5) is 36.0. The molecule has 0 aromatic heterocycles. The van der Waals surface area contributed by atoms with Crippen LogP contribution in [0.2, 0.25) is 0 Å². The van der Waals surface area contributed by atoms with Crippen LogP contribution < -0.4 is 21.3 Å². The van der Waals surface area contributed by atoms with Crippen LogP contribution in [-0.2, 0) is 16.0 Å². The minimum absolute atomic E-state index is 0.155.